The minimum Gasteiger partial charge on any atom is -0.497 e. The van der Waals surface area contributed by atoms with Gasteiger partial charge in [-0.05, 0) is 34.7 Å². The third kappa shape index (κ3) is 4.30. The molecule has 0 spiro atoms. The van der Waals surface area contributed by atoms with Crippen molar-refractivity contribution in [1.29, 1.82) is 0 Å². The molecule has 2 aromatic heterocycles. The second-order valence-electron chi connectivity index (χ2n) is 6.35. The van der Waals surface area contributed by atoms with Gasteiger partial charge in [-0.25, -0.2) is 0 Å². The van der Waals surface area contributed by atoms with E-state index in [2.05, 4.69) is 20.8 Å². The number of carbonyl (C=O) groups is 1. The van der Waals surface area contributed by atoms with Gasteiger partial charge in [0.15, 0.2) is 5.82 Å². The van der Waals surface area contributed by atoms with Crippen molar-refractivity contribution in [1.82, 2.24) is 20.2 Å². The number of carbonyl (C=O) groups excluding carboxylic acids is 1. The van der Waals surface area contributed by atoms with E-state index in [-0.39, 0.29) is 5.70 Å². The molecule has 4 rings (SSSR count). The molecule has 0 aliphatic carbocycles. The van der Waals surface area contributed by atoms with Gasteiger partial charge in [-0.3, -0.25) is 4.79 Å². The van der Waals surface area contributed by atoms with Gasteiger partial charge in [0.1, 0.15) is 23.0 Å². The first-order chi connectivity index (χ1) is 15.2. The SMILES string of the molecule is COc1ccc(NC(=O)/C(=C\c2ccco2)n2nnnc2-c2ccccc2)c(OC)c1. The molecule has 4 aromatic rings. The molecule has 0 fully saturated rings. The van der Waals surface area contributed by atoms with Gasteiger partial charge in [0, 0.05) is 17.7 Å². The van der Waals surface area contributed by atoms with Crippen LogP contribution in [0.25, 0.3) is 23.2 Å². The van der Waals surface area contributed by atoms with Crippen LogP contribution in [0.1, 0.15) is 5.76 Å². The van der Waals surface area contributed by atoms with Crippen LogP contribution in [-0.4, -0.2) is 40.3 Å². The highest BCUT2D eigenvalue weighted by molar-refractivity contribution is 6.24. The third-order valence-electron chi connectivity index (χ3n) is 4.44. The molecule has 9 heteroatoms. The molecule has 0 radical (unpaired) electrons. The zero-order chi connectivity index (χ0) is 21.6. The van der Waals surface area contributed by atoms with Gasteiger partial charge < -0.3 is 19.2 Å². The average molecular weight is 417 g/mol. The molecule has 1 N–H and O–H groups in total. The summed E-state index contributed by atoms with van der Waals surface area (Å²) in [5, 5.41) is 14.7. The van der Waals surface area contributed by atoms with Crippen LogP contribution in [0.5, 0.6) is 11.5 Å². The summed E-state index contributed by atoms with van der Waals surface area (Å²) in [7, 11) is 3.07. The molecular weight excluding hydrogens is 398 g/mol. The van der Waals surface area contributed by atoms with Crippen molar-refractivity contribution in [3.63, 3.8) is 0 Å². The molecule has 9 nitrogen and oxygen atoms in total. The molecule has 1 amide bonds. The Morgan fingerprint density at radius 2 is 1.90 bits per heavy atom. The Bertz CT molecular complexity index is 1200. The molecule has 0 unspecified atom stereocenters. The van der Waals surface area contributed by atoms with Gasteiger partial charge in [-0.1, -0.05) is 30.3 Å². The number of furan rings is 1. The van der Waals surface area contributed by atoms with E-state index in [9.17, 15) is 4.79 Å². The van der Waals surface area contributed by atoms with Crippen molar-refractivity contribution in [2.45, 2.75) is 0 Å². The Morgan fingerprint density at radius 3 is 2.61 bits per heavy atom. The number of ether oxygens (including phenoxy) is 2. The van der Waals surface area contributed by atoms with E-state index in [0.717, 1.165) is 5.56 Å². The average Bonchev–Trinajstić information content (AvgIpc) is 3.50. The van der Waals surface area contributed by atoms with Crippen molar-refractivity contribution in [3.05, 3.63) is 72.7 Å². The lowest BCUT2D eigenvalue weighted by atomic mass is 10.2. The van der Waals surface area contributed by atoms with Crippen molar-refractivity contribution in [2.75, 3.05) is 19.5 Å². The molecule has 156 valence electrons. The summed E-state index contributed by atoms with van der Waals surface area (Å²) < 4.78 is 17.4. The van der Waals surface area contributed by atoms with E-state index in [1.165, 1.54) is 18.1 Å². The lowest BCUT2D eigenvalue weighted by Crippen LogP contribution is -2.19. The lowest BCUT2D eigenvalue weighted by molar-refractivity contribution is -0.111. The summed E-state index contributed by atoms with van der Waals surface area (Å²) >= 11 is 0. The highest BCUT2D eigenvalue weighted by atomic mass is 16.5. The van der Waals surface area contributed by atoms with E-state index in [1.807, 2.05) is 30.3 Å². The first-order valence-electron chi connectivity index (χ1n) is 9.32. The van der Waals surface area contributed by atoms with Crippen molar-refractivity contribution in [3.8, 4) is 22.9 Å². The number of hydrogen-bond acceptors (Lipinski definition) is 7. The number of tetrazole rings is 1. The number of nitrogens with zero attached hydrogens (tertiary/aromatic N) is 4. The zero-order valence-electron chi connectivity index (χ0n) is 16.9. The monoisotopic (exact) mass is 417 g/mol. The molecule has 0 saturated heterocycles. The van der Waals surface area contributed by atoms with Crippen LogP contribution in [-0.2, 0) is 4.79 Å². The zero-order valence-corrected chi connectivity index (χ0v) is 16.9. The predicted molar refractivity (Wildman–Crippen MR) is 114 cm³/mol. The molecular formula is C22H19N5O4. The summed E-state index contributed by atoms with van der Waals surface area (Å²) in [6.45, 7) is 0. The molecule has 0 saturated carbocycles. The van der Waals surface area contributed by atoms with Crippen LogP contribution >= 0.6 is 0 Å². The van der Waals surface area contributed by atoms with Crippen LogP contribution in [0.15, 0.2) is 71.3 Å². The molecule has 0 bridgehead atoms. The van der Waals surface area contributed by atoms with Gasteiger partial charge in [0.05, 0.1) is 26.2 Å². The van der Waals surface area contributed by atoms with Crippen molar-refractivity contribution >= 4 is 23.4 Å². The maximum absolute atomic E-state index is 13.3. The Hall–Kier alpha value is -4.40. The molecule has 0 aliphatic rings. The number of nitrogens with one attached hydrogen (secondary N) is 1. The summed E-state index contributed by atoms with van der Waals surface area (Å²) in [6.07, 6.45) is 3.08. The fourth-order valence-electron chi connectivity index (χ4n) is 2.94. The Kier molecular flexibility index (Phi) is 5.75. The number of rotatable bonds is 7. The van der Waals surface area contributed by atoms with Crippen LogP contribution in [0.2, 0.25) is 0 Å². The minimum atomic E-state index is -0.454. The molecule has 0 aliphatic heterocycles. The second-order valence-corrected chi connectivity index (χ2v) is 6.35. The molecule has 31 heavy (non-hydrogen) atoms. The predicted octanol–water partition coefficient (Wildman–Crippen LogP) is 3.59. The highest BCUT2D eigenvalue weighted by Gasteiger charge is 2.21. The first kappa shape index (κ1) is 19.9. The van der Waals surface area contributed by atoms with Crippen LogP contribution in [0.4, 0.5) is 5.69 Å². The number of benzene rings is 2. The van der Waals surface area contributed by atoms with Crippen LogP contribution in [0, 0.1) is 0 Å². The maximum atomic E-state index is 13.3. The maximum Gasteiger partial charge on any atom is 0.274 e. The number of methoxy groups -OCH3 is 2. The fraction of sp³-hybridized carbons (Fsp3) is 0.0909. The van der Waals surface area contributed by atoms with Gasteiger partial charge >= 0.3 is 0 Å². The summed E-state index contributed by atoms with van der Waals surface area (Å²) in [5.41, 5.74) is 1.39. The number of anilines is 1. The van der Waals surface area contributed by atoms with Crippen molar-refractivity contribution < 1.29 is 18.7 Å². The number of aromatic nitrogens is 4. The third-order valence-corrected chi connectivity index (χ3v) is 4.44. The largest absolute Gasteiger partial charge is 0.497 e. The Balaban J connectivity index is 1.75. The number of amides is 1. The molecule has 0 atom stereocenters. The normalized spacial score (nSPS) is 11.2. The van der Waals surface area contributed by atoms with E-state index < -0.39 is 5.91 Å². The van der Waals surface area contributed by atoms with E-state index in [1.54, 1.807) is 43.5 Å². The topological polar surface area (TPSA) is 104 Å². The fourth-order valence-corrected chi connectivity index (χ4v) is 2.94. The summed E-state index contributed by atoms with van der Waals surface area (Å²) in [6, 6.07) is 17.9. The van der Waals surface area contributed by atoms with Gasteiger partial charge in [0.25, 0.3) is 5.91 Å². The molecule has 2 heterocycles. The summed E-state index contributed by atoms with van der Waals surface area (Å²) in [4.78, 5) is 13.3. The summed E-state index contributed by atoms with van der Waals surface area (Å²) in [5.74, 6) is 1.49. The van der Waals surface area contributed by atoms with Gasteiger partial charge in [-0.2, -0.15) is 4.68 Å². The van der Waals surface area contributed by atoms with E-state index in [0.29, 0.717) is 28.8 Å². The van der Waals surface area contributed by atoms with E-state index in [4.69, 9.17) is 13.9 Å². The van der Waals surface area contributed by atoms with Crippen molar-refractivity contribution in [2.24, 2.45) is 0 Å². The smallest absolute Gasteiger partial charge is 0.274 e. The Labute approximate surface area is 177 Å². The lowest BCUT2D eigenvalue weighted by Gasteiger charge is -2.13. The van der Waals surface area contributed by atoms with Gasteiger partial charge in [0.2, 0.25) is 0 Å². The standard InChI is InChI=1S/C22H19N5O4/c1-29-16-10-11-18(20(14-16)30-2)23-22(28)19(13-17-9-6-12-31-17)27-21(24-25-26-27)15-7-4-3-5-8-15/h3-14H,1-2H3,(H,23,28)/b19-13+. The quantitative estimate of drug-likeness (QED) is 0.458. The molecule has 2 aromatic carbocycles. The van der Waals surface area contributed by atoms with E-state index >= 15 is 0 Å². The first-order valence-corrected chi connectivity index (χ1v) is 9.32. The minimum absolute atomic E-state index is 0.164. The second kappa shape index (κ2) is 8.95. The van der Waals surface area contributed by atoms with Gasteiger partial charge in [-0.15, -0.1) is 5.10 Å². The van der Waals surface area contributed by atoms with Crippen LogP contribution < -0.4 is 14.8 Å². The number of hydrogen-bond donors (Lipinski definition) is 1. The van der Waals surface area contributed by atoms with Crippen LogP contribution in [0.3, 0.4) is 0 Å². The highest BCUT2D eigenvalue weighted by Crippen LogP contribution is 2.30. The Morgan fingerprint density at radius 1 is 1.06 bits per heavy atom.